The summed E-state index contributed by atoms with van der Waals surface area (Å²) in [5, 5.41) is 0. The molecule has 4 nitrogen and oxygen atoms in total. The summed E-state index contributed by atoms with van der Waals surface area (Å²) >= 11 is 8.72. The number of hydrogen-bond acceptors (Lipinski definition) is 4. The Morgan fingerprint density at radius 2 is 2.06 bits per heavy atom. The van der Waals surface area contributed by atoms with Gasteiger partial charge >= 0.3 is 0 Å². The summed E-state index contributed by atoms with van der Waals surface area (Å²) in [6, 6.07) is 1.80. The molecule has 0 saturated carbocycles. The molecule has 0 radical (unpaired) electrons. The zero-order valence-electron chi connectivity index (χ0n) is 8.09. The number of hydrogen-bond donors (Lipinski definition) is 1. The van der Waals surface area contributed by atoms with Gasteiger partial charge in [0.15, 0.2) is 16.3 Å². The van der Waals surface area contributed by atoms with Gasteiger partial charge in [-0.3, -0.25) is 0 Å². The normalized spacial score (nSPS) is 10.8. The van der Waals surface area contributed by atoms with Gasteiger partial charge in [-0.1, -0.05) is 0 Å². The number of aromatic nitrogens is 2. The molecular weight excluding hydrogens is 453 g/mol. The van der Waals surface area contributed by atoms with Crippen LogP contribution in [0.4, 0.5) is 5.82 Å². The molecule has 16 heavy (non-hydrogen) atoms. The van der Waals surface area contributed by atoms with Crippen molar-refractivity contribution in [1.29, 1.82) is 0 Å². The Morgan fingerprint density at radius 1 is 1.38 bits per heavy atom. The highest BCUT2D eigenvalue weighted by molar-refractivity contribution is 14.1. The molecule has 2 rings (SSSR count). The van der Waals surface area contributed by atoms with E-state index < -0.39 is 0 Å². The number of nitrogens with two attached hydrogens (primary N) is 1. The van der Waals surface area contributed by atoms with Crippen molar-refractivity contribution >= 4 is 60.3 Å². The number of nitrogen functional groups attached to an aromatic ring is 1. The first kappa shape index (κ1) is 12.3. The van der Waals surface area contributed by atoms with Crippen molar-refractivity contribution in [2.24, 2.45) is 0 Å². The molecule has 2 heterocycles. The Morgan fingerprint density at radius 3 is 2.56 bits per heavy atom. The van der Waals surface area contributed by atoms with Gasteiger partial charge < -0.3 is 10.2 Å². The van der Waals surface area contributed by atoms with E-state index in [2.05, 4.69) is 64.4 Å². The van der Waals surface area contributed by atoms with Gasteiger partial charge in [-0.05, 0) is 61.4 Å². The van der Waals surface area contributed by atoms with E-state index in [9.17, 15) is 0 Å². The van der Waals surface area contributed by atoms with Crippen LogP contribution in [0.25, 0.3) is 11.6 Å². The Labute approximate surface area is 122 Å². The van der Waals surface area contributed by atoms with Crippen LogP contribution in [0.1, 0.15) is 5.69 Å². The monoisotopic (exact) mass is 457 g/mol. The van der Waals surface area contributed by atoms with E-state index in [1.807, 2.05) is 6.92 Å². The van der Waals surface area contributed by atoms with Crippen LogP contribution < -0.4 is 5.73 Å². The maximum atomic E-state index is 5.78. The van der Waals surface area contributed by atoms with Gasteiger partial charge in [0.05, 0.1) is 13.7 Å². The Balaban J connectivity index is 2.56. The largest absolute Gasteiger partial charge is 0.445 e. The third-order valence-electron chi connectivity index (χ3n) is 1.91. The molecular formula is C9H6Br2IN3O. The maximum Gasteiger partial charge on any atom is 0.198 e. The highest BCUT2D eigenvalue weighted by atomic mass is 127. The second-order valence-electron chi connectivity index (χ2n) is 3.06. The van der Waals surface area contributed by atoms with E-state index >= 15 is 0 Å². The van der Waals surface area contributed by atoms with Crippen LogP contribution in [0.2, 0.25) is 0 Å². The van der Waals surface area contributed by atoms with Crippen molar-refractivity contribution < 1.29 is 4.42 Å². The van der Waals surface area contributed by atoms with Crippen molar-refractivity contribution in [1.82, 2.24) is 9.97 Å². The van der Waals surface area contributed by atoms with Crippen molar-refractivity contribution in [3.05, 3.63) is 24.5 Å². The molecule has 0 aliphatic rings. The molecule has 0 aliphatic carbocycles. The average Bonchev–Trinajstić information content (AvgIpc) is 2.55. The van der Waals surface area contributed by atoms with Gasteiger partial charge in [-0.15, -0.1) is 0 Å². The fraction of sp³-hybridized carbons (Fsp3) is 0.111. The summed E-state index contributed by atoms with van der Waals surface area (Å²) in [5.74, 6) is 1.53. The molecule has 0 spiro atoms. The fourth-order valence-electron chi connectivity index (χ4n) is 1.15. The summed E-state index contributed by atoms with van der Waals surface area (Å²) in [4.78, 5) is 8.51. The highest BCUT2D eigenvalue weighted by Crippen LogP contribution is 2.32. The number of aryl methyl sites for hydroxylation is 1. The van der Waals surface area contributed by atoms with Gasteiger partial charge in [0.1, 0.15) is 5.82 Å². The molecule has 0 amide bonds. The zero-order chi connectivity index (χ0) is 11.9. The first-order valence-corrected chi connectivity index (χ1v) is 6.90. The number of nitrogens with zero attached hydrogens (tertiary/aromatic N) is 2. The minimum atomic E-state index is 0.465. The van der Waals surface area contributed by atoms with Gasteiger partial charge in [0.2, 0.25) is 0 Å². The van der Waals surface area contributed by atoms with Crippen LogP contribution in [0.15, 0.2) is 19.6 Å². The standard InChI is InChI=1S/C9H6Br2IN3O/c1-3-6(12)8(13)15-9(14-3)5-2-4(10)7(11)16-5/h2H,1H3,(H2,13,14,15). The van der Waals surface area contributed by atoms with Crippen LogP contribution in [0.5, 0.6) is 0 Å². The SMILES string of the molecule is Cc1nc(-c2cc(Br)c(Br)o2)nc(N)c1I. The van der Waals surface area contributed by atoms with Crippen LogP contribution in [-0.4, -0.2) is 9.97 Å². The highest BCUT2D eigenvalue weighted by Gasteiger charge is 2.13. The molecule has 0 fully saturated rings. The van der Waals surface area contributed by atoms with Crippen molar-refractivity contribution in [3.63, 3.8) is 0 Å². The maximum absolute atomic E-state index is 5.78. The molecule has 0 bridgehead atoms. The summed E-state index contributed by atoms with van der Waals surface area (Å²) in [6.07, 6.45) is 0. The summed E-state index contributed by atoms with van der Waals surface area (Å²) < 4.78 is 7.74. The third-order valence-corrected chi connectivity index (χ3v) is 4.95. The minimum absolute atomic E-state index is 0.465. The van der Waals surface area contributed by atoms with Crippen LogP contribution in [0, 0.1) is 10.5 Å². The number of anilines is 1. The molecule has 7 heteroatoms. The predicted molar refractivity (Wildman–Crippen MR) is 77.0 cm³/mol. The molecule has 2 aromatic heterocycles. The van der Waals surface area contributed by atoms with Gasteiger partial charge in [-0.2, -0.15) is 0 Å². The molecule has 84 valence electrons. The first-order valence-electron chi connectivity index (χ1n) is 4.24. The predicted octanol–water partition coefficient (Wildman–Crippen LogP) is 3.76. The number of rotatable bonds is 1. The number of furan rings is 1. The van der Waals surface area contributed by atoms with Crippen molar-refractivity contribution in [2.45, 2.75) is 6.92 Å². The molecule has 0 aliphatic heterocycles. The van der Waals surface area contributed by atoms with Crippen molar-refractivity contribution in [3.8, 4) is 11.6 Å². The minimum Gasteiger partial charge on any atom is -0.445 e. The van der Waals surface area contributed by atoms with E-state index in [-0.39, 0.29) is 0 Å². The Bertz CT molecular complexity index is 513. The smallest absolute Gasteiger partial charge is 0.198 e. The van der Waals surface area contributed by atoms with Gasteiger partial charge in [-0.25, -0.2) is 9.97 Å². The molecule has 0 atom stereocenters. The molecule has 0 unspecified atom stereocenters. The van der Waals surface area contributed by atoms with E-state index in [0.717, 1.165) is 13.7 Å². The van der Waals surface area contributed by atoms with E-state index in [0.29, 0.717) is 22.1 Å². The van der Waals surface area contributed by atoms with Gasteiger partial charge in [0, 0.05) is 6.07 Å². The summed E-state index contributed by atoms with van der Waals surface area (Å²) in [6.45, 7) is 1.89. The lowest BCUT2D eigenvalue weighted by Crippen LogP contribution is -2.01. The first-order chi connectivity index (χ1) is 7.49. The summed E-state index contributed by atoms with van der Waals surface area (Å²) in [5.41, 5.74) is 6.62. The lowest BCUT2D eigenvalue weighted by molar-refractivity contribution is 0.549. The van der Waals surface area contributed by atoms with Crippen LogP contribution in [-0.2, 0) is 0 Å². The van der Waals surface area contributed by atoms with Crippen LogP contribution >= 0.6 is 54.5 Å². The third kappa shape index (κ3) is 2.25. The lowest BCUT2D eigenvalue weighted by atomic mass is 10.3. The summed E-state index contributed by atoms with van der Waals surface area (Å²) in [7, 11) is 0. The number of halogens is 3. The zero-order valence-corrected chi connectivity index (χ0v) is 13.4. The second-order valence-corrected chi connectivity index (χ2v) is 5.72. The molecule has 0 saturated heterocycles. The van der Waals surface area contributed by atoms with E-state index in [1.54, 1.807) is 6.07 Å². The van der Waals surface area contributed by atoms with E-state index in [1.165, 1.54) is 0 Å². The average molecular weight is 459 g/mol. The van der Waals surface area contributed by atoms with Gasteiger partial charge in [0.25, 0.3) is 0 Å². The topological polar surface area (TPSA) is 64.9 Å². The fourth-order valence-corrected chi connectivity index (χ4v) is 1.97. The van der Waals surface area contributed by atoms with E-state index in [4.69, 9.17) is 10.2 Å². The Hall–Kier alpha value is -0.150. The quantitative estimate of drug-likeness (QED) is 0.661. The molecule has 0 aromatic carbocycles. The van der Waals surface area contributed by atoms with Crippen molar-refractivity contribution in [2.75, 3.05) is 5.73 Å². The molecule has 2 N–H and O–H groups in total. The van der Waals surface area contributed by atoms with Crippen LogP contribution in [0.3, 0.4) is 0 Å². The second kappa shape index (κ2) is 4.61. The molecule has 2 aromatic rings. The lowest BCUT2D eigenvalue weighted by Gasteiger charge is -2.03. The Kier molecular flexibility index (Phi) is 3.55.